The predicted octanol–water partition coefficient (Wildman–Crippen LogP) is 10.5. The van der Waals surface area contributed by atoms with E-state index in [0.717, 1.165) is 32.3 Å². The van der Waals surface area contributed by atoms with Crippen molar-refractivity contribution in [3.05, 3.63) is 65.7 Å². The number of rotatable bonds is 15. The van der Waals surface area contributed by atoms with Crippen LogP contribution in [0.2, 0.25) is 0 Å². The van der Waals surface area contributed by atoms with Crippen LogP contribution >= 0.6 is 0 Å². The van der Waals surface area contributed by atoms with Gasteiger partial charge in [-0.2, -0.15) is 0 Å². The van der Waals surface area contributed by atoms with Crippen molar-refractivity contribution in [2.75, 3.05) is 6.61 Å². The van der Waals surface area contributed by atoms with Crippen molar-refractivity contribution < 1.29 is 9.47 Å². The highest BCUT2D eigenvalue weighted by atomic mass is 16.7. The summed E-state index contributed by atoms with van der Waals surface area (Å²) in [6, 6.07) is 17.8. The maximum atomic E-state index is 6.94. The van der Waals surface area contributed by atoms with Gasteiger partial charge < -0.3 is 9.47 Å². The Morgan fingerprint density at radius 3 is 1.89 bits per heavy atom. The zero-order chi connectivity index (χ0) is 26.3. The molecule has 1 aliphatic heterocycles. The molecule has 206 valence electrons. The largest absolute Gasteiger partial charge is 0.349 e. The third-order valence-corrected chi connectivity index (χ3v) is 9.52. The van der Waals surface area contributed by atoms with Gasteiger partial charge in [0, 0.05) is 11.8 Å². The summed E-state index contributed by atoms with van der Waals surface area (Å²) in [4.78, 5) is 0. The lowest BCUT2D eigenvalue weighted by Crippen LogP contribution is -2.44. The lowest BCUT2D eigenvalue weighted by Gasteiger charge is -2.39. The summed E-state index contributed by atoms with van der Waals surface area (Å²) >= 11 is 0. The highest BCUT2D eigenvalue weighted by Crippen LogP contribution is 2.59. The van der Waals surface area contributed by atoms with Gasteiger partial charge in [0.1, 0.15) is 0 Å². The van der Waals surface area contributed by atoms with Crippen LogP contribution in [0.1, 0.15) is 128 Å². The Kier molecular flexibility index (Phi) is 9.44. The normalized spacial score (nSPS) is 24.3. The number of hydrogen-bond donors (Lipinski definition) is 0. The summed E-state index contributed by atoms with van der Waals surface area (Å²) in [6.07, 6.45) is 23.6. The fourth-order valence-electron chi connectivity index (χ4n) is 7.43. The second-order valence-electron chi connectivity index (χ2n) is 12.3. The Morgan fingerprint density at radius 1 is 0.737 bits per heavy atom. The lowest BCUT2D eigenvalue weighted by atomic mass is 9.77. The van der Waals surface area contributed by atoms with Crippen LogP contribution in [-0.4, -0.2) is 18.5 Å². The van der Waals surface area contributed by atoms with Crippen LogP contribution in [0.5, 0.6) is 0 Å². The summed E-state index contributed by atoms with van der Waals surface area (Å²) in [5.41, 5.74) is 6.81. The maximum Gasteiger partial charge on any atom is 0.177 e. The van der Waals surface area contributed by atoms with E-state index in [0.29, 0.717) is 0 Å². The van der Waals surface area contributed by atoms with Crippen molar-refractivity contribution in [2.24, 2.45) is 5.41 Å². The highest BCUT2D eigenvalue weighted by molar-refractivity contribution is 6.01. The van der Waals surface area contributed by atoms with E-state index in [-0.39, 0.29) is 11.5 Å². The Labute approximate surface area is 232 Å². The van der Waals surface area contributed by atoms with Crippen LogP contribution in [0.3, 0.4) is 0 Å². The van der Waals surface area contributed by atoms with E-state index in [1.54, 1.807) is 0 Å². The van der Waals surface area contributed by atoms with E-state index in [1.807, 2.05) is 0 Å². The molecule has 3 aliphatic rings. The molecule has 1 saturated heterocycles. The van der Waals surface area contributed by atoms with E-state index in [4.69, 9.17) is 9.47 Å². The van der Waals surface area contributed by atoms with Gasteiger partial charge in [-0.25, -0.2) is 0 Å². The summed E-state index contributed by atoms with van der Waals surface area (Å²) in [5.74, 6) is -0.455. The van der Waals surface area contributed by atoms with Crippen molar-refractivity contribution >= 4 is 5.57 Å². The average molecular weight is 515 g/mol. The minimum absolute atomic E-state index is 0.0295. The van der Waals surface area contributed by atoms with Crippen LogP contribution in [0.15, 0.2) is 54.6 Å². The van der Waals surface area contributed by atoms with Crippen LogP contribution in [-0.2, 0) is 9.47 Å². The number of fused-ring (bicyclic) bond motifs is 4. The molecule has 0 aromatic heterocycles. The van der Waals surface area contributed by atoms with Gasteiger partial charge in [0.2, 0.25) is 0 Å². The number of ether oxygens (including phenoxy) is 2. The fourth-order valence-corrected chi connectivity index (χ4v) is 7.43. The third-order valence-electron chi connectivity index (χ3n) is 9.52. The maximum absolute atomic E-state index is 6.94. The van der Waals surface area contributed by atoms with Gasteiger partial charge >= 0.3 is 0 Å². The SMILES string of the molecule is CCCCCCCCCCCCCC(C)O[C@@]12CCC[C@]1(C=C1c3ccccc3-c3ccccc31)CCO2. The fraction of sp³-hybridized carbons (Fsp3) is 0.611. The van der Waals surface area contributed by atoms with Crippen molar-refractivity contribution in [1.82, 2.24) is 0 Å². The Balaban J connectivity index is 1.17. The molecule has 0 N–H and O–H groups in total. The zero-order valence-electron chi connectivity index (χ0n) is 24.1. The molecule has 2 heteroatoms. The van der Waals surface area contributed by atoms with Crippen LogP contribution < -0.4 is 0 Å². The quantitative estimate of drug-likeness (QED) is 0.188. The summed E-state index contributed by atoms with van der Waals surface area (Å²) < 4.78 is 13.5. The minimum atomic E-state index is -0.455. The molecule has 0 amide bonds. The molecule has 1 unspecified atom stereocenters. The molecular formula is C36H50O2. The van der Waals surface area contributed by atoms with Gasteiger partial charge in [-0.1, -0.05) is 132 Å². The van der Waals surface area contributed by atoms with Gasteiger partial charge in [-0.05, 0) is 60.4 Å². The summed E-state index contributed by atoms with van der Waals surface area (Å²) in [7, 11) is 0. The molecule has 0 spiro atoms. The first-order valence-electron chi connectivity index (χ1n) is 15.9. The molecule has 2 fully saturated rings. The van der Waals surface area contributed by atoms with E-state index < -0.39 is 5.79 Å². The van der Waals surface area contributed by atoms with Gasteiger partial charge in [0.25, 0.3) is 0 Å². The summed E-state index contributed by atoms with van der Waals surface area (Å²) in [5, 5.41) is 0. The first-order valence-corrected chi connectivity index (χ1v) is 15.9. The summed E-state index contributed by atoms with van der Waals surface area (Å²) in [6.45, 7) is 5.38. The predicted molar refractivity (Wildman–Crippen MR) is 160 cm³/mol. The Hall–Kier alpha value is -1.90. The zero-order valence-corrected chi connectivity index (χ0v) is 24.1. The first-order chi connectivity index (χ1) is 18.7. The van der Waals surface area contributed by atoms with Crippen molar-refractivity contribution in [2.45, 2.75) is 128 Å². The van der Waals surface area contributed by atoms with Crippen LogP contribution in [0.4, 0.5) is 0 Å². The lowest BCUT2D eigenvalue weighted by molar-refractivity contribution is -0.258. The van der Waals surface area contributed by atoms with E-state index in [1.165, 1.54) is 105 Å². The molecule has 1 heterocycles. The van der Waals surface area contributed by atoms with Gasteiger partial charge in [0.15, 0.2) is 5.79 Å². The minimum Gasteiger partial charge on any atom is -0.349 e. The number of unbranched alkanes of at least 4 members (excludes halogenated alkanes) is 10. The van der Waals surface area contributed by atoms with Gasteiger partial charge in [0.05, 0.1) is 12.7 Å². The van der Waals surface area contributed by atoms with E-state index >= 15 is 0 Å². The monoisotopic (exact) mass is 514 g/mol. The third kappa shape index (κ3) is 5.82. The molecule has 2 nitrogen and oxygen atoms in total. The Morgan fingerprint density at radius 2 is 1.29 bits per heavy atom. The second kappa shape index (κ2) is 13.0. The van der Waals surface area contributed by atoms with E-state index in [9.17, 15) is 0 Å². The molecule has 0 bridgehead atoms. The molecular weight excluding hydrogens is 464 g/mol. The van der Waals surface area contributed by atoms with Gasteiger partial charge in [-0.3, -0.25) is 0 Å². The molecule has 1 saturated carbocycles. The molecule has 3 atom stereocenters. The van der Waals surface area contributed by atoms with Crippen LogP contribution in [0.25, 0.3) is 16.7 Å². The number of benzene rings is 2. The van der Waals surface area contributed by atoms with Crippen molar-refractivity contribution in [3.8, 4) is 11.1 Å². The van der Waals surface area contributed by atoms with Crippen molar-refractivity contribution in [3.63, 3.8) is 0 Å². The standard InChI is InChI=1S/C36H50O2/c1-3-4-5-6-7-8-9-10-11-12-13-19-29(2)38-36-25-18-24-35(36,26-27-37-36)28-34-32-22-16-14-20-30(32)31-21-15-17-23-33(31)34/h14-17,20-23,28-29H,3-13,18-19,24-27H2,1-2H3/t29?,35-,36+/m1/s1. The topological polar surface area (TPSA) is 18.5 Å². The first kappa shape index (κ1) is 27.7. The van der Waals surface area contributed by atoms with Crippen LogP contribution in [0, 0.1) is 5.41 Å². The molecule has 0 radical (unpaired) electrons. The van der Waals surface area contributed by atoms with Gasteiger partial charge in [-0.15, -0.1) is 0 Å². The molecule has 2 aromatic rings. The Bertz CT molecular complexity index is 1010. The van der Waals surface area contributed by atoms with Crippen molar-refractivity contribution in [1.29, 1.82) is 0 Å². The molecule has 2 aliphatic carbocycles. The molecule has 2 aromatic carbocycles. The highest BCUT2D eigenvalue weighted by Gasteiger charge is 2.60. The molecule has 38 heavy (non-hydrogen) atoms. The number of hydrogen-bond acceptors (Lipinski definition) is 2. The molecule has 5 rings (SSSR count). The second-order valence-corrected chi connectivity index (χ2v) is 12.3. The smallest absolute Gasteiger partial charge is 0.177 e. The average Bonchev–Trinajstić information content (AvgIpc) is 3.55. The van der Waals surface area contributed by atoms with E-state index in [2.05, 4.69) is 68.5 Å².